The Morgan fingerprint density at radius 3 is 2.42 bits per heavy atom. The Morgan fingerprint density at radius 1 is 0.947 bits per heavy atom. The molecule has 0 unspecified atom stereocenters. The number of anilines is 2. The van der Waals surface area contributed by atoms with Gasteiger partial charge < -0.3 is 19.7 Å². The van der Waals surface area contributed by atoms with E-state index in [0.29, 0.717) is 5.11 Å². The number of nitrogens with zero attached hydrogens (tertiary/aromatic N) is 4. The van der Waals surface area contributed by atoms with Gasteiger partial charge in [0.1, 0.15) is 6.04 Å². The smallest absolute Gasteiger partial charge is 0.174 e. The fraction of sp³-hybridized carbons (Fsp3) is 0.290. The van der Waals surface area contributed by atoms with Gasteiger partial charge in [0.15, 0.2) is 5.11 Å². The molecule has 2 atom stereocenters. The van der Waals surface area contributed by atoms with Crippen LogP contribution < -0.4 is 15.1 Å². The van der Waals surface area contributed by atoms with Crippen molar-refractivity contribution in [2.45, 2.75) is 38.8 Å². The van der Waals surface area contributed by atoms with Crippen LogP contribution in [0.4, 0.5) is 11.4 Å². The number of pyridine rings is 1. The third kappa shape index (κ3) is 4.67. The molecule has 0 amide bonds. The average Bonchev–Trinajstić information content (AvgIpc) is 3.54. The van der Waals surface area contributed by atoms with Crippen molar-refractivity contribution in [2.24, 2.45) is 5.92 Å². The standard InChI is InChI=1S/C31H32ClN5S/c1-21-8-10-23(11-9-21)36-17-5-7-28(36)30-29(26-6-3-4-16-33-26)34-31(38)37(30)24-12-13-27(25(32)20-24)35-18-14-22(2)15-19-35/h3-13,16-17,20,22,29-30H,14-15,18-19H2,1-2H3,(H,34,38)/t29-,30+/m1/s1. The molecule has 2 aromatic heterocycles. The van der Waals surface area contributed by atoms with Crippen LogP contribution in [0, 0.1) is 12.8 Å². The van der Waals surface area contributed by atoms with Crippen molar-refractivity contribution in [1.82, 2.24) is 14.9 Å². The second kappa shape index (κ2) is 10.4. The Bertz CT molecular complexity index is 1430. The first-order valence-electron chi connectivity index (χ1n) is 13.3. The van der Waals surface area contributed by atoms with Crippen LogP contribution in [-0.2, 0) is 0 Å². The van der Waals surface area contributed by atoms with E-state index in [1.807, 2.05) is 18.3 Å². The average molecular weight is 542 g/mol. The second-order valence-electron chi connectivity index (χ2n) is 10.4. The first-order chi connectivity index (χ1) is 18.5. The lowest BCUT2D eigenvalue weighted by Gasteiger charge is -2.33. The van der Waals surface area contributed by atoms with Gasteiger partial charge in [-0.05, 0) is 92.5 Å². The summed E-state index contributed by atoms with van der Waals surface area (Å²) in [6.07, 6.45) is 6.34. The van der Waals surface area contributed by atoms with E-state index in [1.165, 1.54) is 18.4 Å². The van der Waals surface area contributed by atoms with E-state index in [2.05, 4.69) is 100 Å². The van der Waals surface area contributed by atoms with Gasteiger partial charge in [0.05, 0.1) is 22.4 Å². The molecule has 2 aliphatic rings. The zero-order valence-corrected chi connectivity index (χ0v) is 23.3. The van der Waals surface area contributed by atoms with Gasteiger partial charge in [-0.15, -0.1) is 0 Å². The van der Waals surface area contributed by atoms with Crippen molar-refractivity contribution < 1.29 is 0 Å². The van der Waals surface area contributed by atoms with E-state index in [0.717, 1.165) is 52.5 Å². The third-order valence-corrected chi connectivity index (χ3v) is 8.44. The van der Waals surface area contributed by atoms with Crippen LogP contribution in [-0.4, -0.2) is 27.8 Å². The fourth-order valence-corrected chi connectivity index (χ4v) is 6.30. The SMILES string of the molecule is Cc1ccc(-n2cccc2[C@H]2[C@@H](c3ccccn3)NC(=S)N2c2ccc(N3CCC(C)CC3)c(Cl)c2)cc1. The van der Waals surface area contributed by atoms with Crippen LogP contribution in [0.25, 0.3) is 5.69 Å². The maximum atomic E-state index is 6.94. The molecule has 0 spiro atoms. The lowest BCUT2D eigenvalue weighted by Crippen LogP contribution is -2.33. The number of nitrogens with one attached hydrogen (secondary N) is 1. The summed E-state index contributed by atoms with van der Waals surface area (Å²) in [4.78, 5) is 9.31. The molecule has 2 aliphatic heterocycles. The Morgan fingerprint density at radius 2 is 1.71 bits per heavy atom. The molecule has 0 radical (unpaired) electrons. The summed E-state index contributed by atoms with van der Waals surface area (Å²) in [5.74, 6) is 0.770. The highest BCUT2D eigenvalue weighted by atomic mass is 35.5. The molecule has 1 N–H and O–H groups in total. The summed E-state index contributed by atoms with van der Waals surface area (Å²) in [5.41, 5.74) is 6.49. The normalized spacial score (nSPS) is 20.1. The summed E-state index contributed by atoms with van der Waals surface area (Å²) >= 11 is 12.9. The quantitative estimate of drug-likeness (QED) is 0.269. The van der Waals surface area contributed by atoms with Crippen LogP contribution in [0.2, 0.25) is 5.02 Å². The first kappa shape index (κ1) is 25.0. The molecular weight excluding hydrogens is 510 g/mol. The third-order valence-electron chi connectivity index (χ3n) is 7.83. The van der Waals surface area contributed by atoms with Gasteiger partial charge in [-0.3, -0.25) is 4.98 Å². The molecule has 0 saturated carbocycles. The number of piperidine rings is 1. The minimum Gasteiger partial charge on any atom is -0.370 e. The molecule has 2 fully saturated rings. The Kier molecular flexibility index (Phi) is 6.85. The van der Waals surface area contributed by atoms with Gasteiger partial charge in [0.25, 0.3) is 0 Å². The second-order valence-corrected chi connectivity index (χ2v) is 11.2. The molecule has 0 aliphatic carbocycles. The highest BCUT2D eigenvalue weighted by Crippen LogP contribution is 2.44. The minimum absolute atomic E-state index is 0.119. The number of hydrogen-bond acceptors (Lipinski definition) is 3. The van der Waals surface area contributed by atoms with Crippen molar-refractivity contribution in [3.05, 3.63) is 107 Å². The summed E-state index contributed by atoms with van der Waals surface area (Å²) in [5, 5.41) is 5.00. The molecule has 38 heavy (non-hydrogen) atoms. The van der Waals surface area contributed by atoms with Crippen LogP contribution in [0.15, 0.2) is 85.2 Å². The fourth-order valence-electron chi connectivity index (χ4n) is 5.66. The first-order valence-corrected chi connectivity index (χ1v) is 14.1. The molecule has 4 heterocycles. The van der Waals surface area contributed by atoms with Crippen molar-refractivity contribution in [1.29, 1.82) is 0 Å². The molecule has 2 saturated heterocycles. The van der Waals surface area contributed by atoms with Crippen LogP contribution >= 0.6 is 23.8 Å². The van der Waals surface area contributed by atoms with Crippen LogP contribution in [0.1, 0.15) is 48.8 Å². The molecule has 4 aromatic rings. The molecule has 5 nitrogen and oxygen atoms in total. The highest BCUT2D eigenvalue weighted by molar-refractivity contribution is 7.80. The molecule has 0 bridgehead atoms. The van der Waals surface area contributed by atoms with E-state index in [4.69, 9.17) is 28.8 Å². The molecule has 2 aromatic carbocycles. The van der Waals surface area contributed by atoms with Gasteiger partial charge in [-0.2, -0.15) is 0 Å². The topological polar surface area (TPSA) is 36.3 Å². The maximum absolute atomic E-state index is 6.94. The lowest BCUT2D eigenvalue weighted by molar-refractivity contribution is 0.438. The van der Waals surface area contributed by atoms with Crippen molar-refractivity contribution >= 4 is 40.3 Å². The largest absolute Gasteiger partial charge is 0.370 e. The minimum atomic E-state index is -0.121. The maximum Gasteiger partial charge on any atom is 0.174 e. The van der Waals surface area contributed by atoms with Crippen LogP contribution in [0.5, 0.6) is 0 Å². The van der Waals surface area contributed by atoms with Crippen molar-refractivity contribution in [2.75, 3.05) is 22.9 Å². The van der Waals surface area contributed by atoms with Gasteiger partial charge in [-0.1, -0.05) is 42.3 Å². The summed E-state index contributed by atoms with van der Waals surface area (Å²) in [6.45, 7) is 6.51. The Hall–Kier alpha value is -3.35. The van der Waals surface area contributed by atoms with E-state index in [1.54, 1.807) is 0 Å². The van der Waals surface area contributed by atoms with Crippen molar-refractivity contribution in [3.63, 3.8) is 0 Å². The monoisotopic (exact) mass is 541 g/mol. The van der Waals surface area contributed by atoms with E-state index in [-0.39, 0.29) is 12.1 Å². The van der Waals surface area contributed by atoms with Gasteiger partial charge >= 0.3 is 0 Å². The zero-order chi connectivity index (χ0) is 26.2. The number of thiocarbonyl (C=S) groups is 1. The van der Waals surface area contributed by atoms with Gasteiger partial charge in [-0.25, -0.2) is 0 Å². The summed E-state index contributed by atoms with van der Waals surface area (Å²) < 4.78 is 2.24. The summed E-state index contributed by atoms with van der Waals surface area (Å²) in [6, 6.07) is 25.0. The number of aromatic nitrogens is 2. The zero-order valence-electron chi connectivity index (χ0n) is 21.7. The predicted molar refractivity (Wildman–Crippen MR) is 161 cm³/mol. The number of rotatable bonds is 5. The number of aryl methyl sites for hydroxylation is 1. The molecule has 7 heteroatoms. The van der Waals surface area contributed by atoms with E-state index >= 15 is 0 Å². The predicted octanol–water partition coefficient (Wildman–Crippen LogP) is 7.25. The number of halogens is 1. The lowest BCUT2D eigenvalue weighted by atomic mass is 9.98. The Balaban J connectivity index is 1.42. The summed E-state index contributed by atoms with van der Waals surface area (Å²) in [7, 11) is 0. The van der Waals surface area contributed by atoms with Crippen LogP contribution in [0.3, 0.4) is 0 Å². The van der Waals surface area contributed by atoms with Gasteiger partial charge in [0.2, 0.25) is 0 Å². The van der Waals surface area contributed by atoms with E-state index in [9.17, 15) is 0 Å². The number of hydrogen-bond donors (Lipinski definition) is 1. The van der Waals surface area contributed by atoms with Crippen molar-refractivity contribution in [3.8, 4) is 5.69 Å². The molecule has 194 valence electrons. The Labute approximate surface area is 235 Å². The van der Waals surface area contributed by atoms with Gasteiger partial charge in [0, 0.05) is 42.6 Å². The highest BCUT2D eigenvalue weighted by Gasteiger charge is 2.42. The number of benzene rings is 2. The molecule has 6 rings (SSSR count). The van der Waals surface area contributed by atoms with E-state index < -0.39 is 0 Å². The molecular formula is C31H32ClN5S.